The van der Waals surface area contributed by atoms with Gasteiger partial charge in [0, 0.05) is 30.3 Å². The average Bonchev–Trinajstić information content (AvgIpc) is 3.40. The van der Waals surface area contributed by atoms with Crippen molar-refractivity contribution in [2.45, 2.75) is 24.8 Å². The fourth-order valence-corrected chi connectivity index (χ4v) is 4.42. The van der Waals surface area contributed by atoms with Gasteiger partial charge in [-0.2, -0.15) is 0 Å². The Morgan fingerprint density at radius 2 is 1.77 bits per heavy atom. The fraction of sp³-hybridized carbons (Fsp3) is 0.240. The summed E-state index contributed by atoms with van der Waals surface area (Å²) in [6.45, 7) is 0.747. The van der Waals surface area contributed by atoms with Gasteiger partial charge in [-0.15, -0.1) is 0 Å². The molecule has 0 radical (unpaired) electrons. The zero-order valence-corrected chi connectivity index (χ0v) is 17.0. The van der Waals surface area contributed by atoms with Crippen LogP contribution >= 0.6 is 0 Å². The number of nitrogens with zero attached hydrogens (tertiary/aromatic N) is 1. The van der Waals surface area contributed by atoms with E-state index in [1.54, 1.807) is 7.11 Å². The first-order valence-electron chi connectivity index (χ1n) is 10.3. The number of hydrogen-bond acceptors (Lipinski definition) is 5. The molecule has 0 aromatic heterocycles. The molecule has 3 N–H and O–H groups in total. The maximum absolute atomic E-state index is 6.19. The number of nitrogens with one attached hydrogen (secondary N) is 1. The van der Waals surface area contributed by atoms with Gasteiger partial charge in [0.15, 0.2) is 0 Å². The molecule has 1 atom stereocenters. The summed E-state index contributed by atoms with van der Waals surface area (Å²) < 4.78 is 11.0. The van der Waals surface area contributed by atoms with Crippen LogP contribution in [0.3, 0.4) is 0 Å². The minimum Gasteiger partial charge on any atom is -0.497 e. The molecular formula is C25H25N3O2. The van der Waals surface area contributed by atoms with Gasteiger partial charge in [-0.05, 0) is 59.5 Å². The van der Waals surface area contributed by atoms with Crippen molar-refractivity contribution in [2.24, 2.45) is 10.7 Å². The molecule has 2 aliphatic rings. The molecule has 152 valence electrons. The van der Waals surface area contributed by atoms with Crippen molar-refractivity contribution in [3.63, 3.8) is 0 Å². The molecule has 0 fully saturated rings. The van der Waals surface area contributed by atoms with E-state index >= 15 is 0 Å². The molecule has 0 bridgehead atoms. The quantitative estimate of drug-likeness (QED) is 0.649. The van der Waals surface area contributed by atoms with Crippen molar-refractivity contribution in [3.8, 4) is 11.5 Å². The lowest BCUT2D eigenvalue weighted by atomic mass is 9.80. The van der Waals surface area contributed by atoms with Gasteiger partial charge in [-0.3, -0.25) is 4.99 Å². The van der Waals surface area contributed by atoms with Gasteiger partial charge in [0.25, 0.3) is 0 Å². The lowest BCUT2D eigenvalue weighted by Crippen LogP contribution is -2.23. The van der Waals surface area contributed by atoms with E-state index < -0.39 is 5.54 Å². The zero-order chi connectivity index (χ0) is 20.6. The van der Waals surface area contributed by atoms with Crippen LogP contribution in [-0.2, 0) is 12.0 Å². The highest BCUT2D eigenvalue weighted by Crippen LogP contribution is 2.44. The van der Waals surface area contributed by atoms with E-state index in [2.05, 4.69) is 47.8 Å². The summed E-state index contributed by atoms with van der Waals surface area (Å²) in [6.07, 6.45) is 2.60. The molecule has 1 unspecified atom stereocenters. The number of benzene rings is 3. The van der Waals surface area contributed by atoms with Crippen LogP contribution in [0.5, 0.6) is 11.5 Å². The molecule has 3 aromatic carbocycles. The highest BCUT2D eigenvalue weighted by Gasteiger charge is 2.38. The standard InChI is InChI=1S/C25H25N3O2/c1-29-22-7-3-6-21(16-22)27-20-5-2-4-18(15-20)25(12-10-24(26)28-25)19-8-9-23-17(14-19)11-13-30-23/h2-9,14-16,27H,10-13H2,1H3,(H2,26,28). The molecule has 0 aliphatic carbocycles. The number of aliphatic imine (C=N–C) groups is 1. The Balaban J connectivity index is 1.54. The zero-order valence-electron chi connectivity index (χ0n) is 17.0. The Kier molecular flexibility index (Phi) is 4.58. The van der Waals surface area contributed by atoms with Gasteiger partial charge in [0.05, 0.1) is 19.6 Å². The van der Waals surface area contributed by atoms with Crippen molar-refractivity contribution in [1.82, 2.24) is 0 Å². The predicted octanol–water partition coefficient (Wildman–Crippen LogP) is 4.77. The third-order valence-electron chi connectivity index (χ3n) is 5.94. The van der Waals surface area contributed by atoms with Crippen molar-refractivity contribution >= 4 is 17.2 Å². The molecule has 2 aliphatic heterocycles. The molecule has 2 heterocycles. The lowest BCUT2D eigenvalue weighted by Gasteiger charge is -2.28. The second-order valence-corrected chi connectivity index (χ2v) is 7.82. The van der Waals surface area contributed by atoms with Gasteiger partial charge in [0.1, 0.15) is 17.0 Å². The minimum absolute atomic E-state index is 0.465. The van der Waals surface area contributed by atoms with Gasteiger partial charge < -0.3 is 20.5 Å². The van der Waals surface area contributed by atoms with Crippen molar-refractivity contribution in [1.29, 1.82) is 0 Å². The van der Waals surface area contributed by atoms with E-state index in [-0.39, 0.29) is 0 Å². The number of amidine groups is 1. The maximum Gasteiger partial charge on any atom is 0.122 e. The summed E-state index contributed by atoms with van der Waals surface area (Å²) in [5.41, 5.74) is 11.3. The second-order valence-electron chi connectivity index (χ2n) is 7.82. The predicted molar refractivity (Wildman–Crippen MR) is 120 cm³/mol. The van der Waals surface area contributed by atoms with Crippen LogP contribution in [0, 0.1) is 0 Å². The molecule has 0 spiro atoms. The topological polar surface area (TPSA) is 68.9 Å². The van der Waals surface area contributed by atoms with E-state index in [1.807, 2.05) is 24.3 Å². The number of anilines is 2. The number of nitrogens with two attached hydrogens (primary N) is 1. The van der Waals surface area contributed by atoms with Crippen LogP contribution in [0.1, 0.15) is 29.5 Å². The Hall–Kier alpha value is -3.47. The number of fused-ring (bicyclic) bond motifs is 1. The summed E-state index contributed by atoms with van der Waals surface area (Å²) in [6, 6.07) is 22.8. The van der Waals surface area contributed by atoms with Gasteiger partial charge in [0.2, 0.25) is 0 Å². The summed E-state index contributed by atoms with van der Waals surface area (Å²) >= 11 is 0. The van der Waals surface area contributed by atoms with Crippen LogP contribution in [-0.4, -0.2) is 19.6 Å². The molecule has 0 saturated heterocycles. The fourth-order valence-electron chi connectivity index (χ4n) is 4.42. The second kappa shape index (κ2) is 7.41. The maximum atomic E-state index is 6.19. The van der Waals surface area contributed by atoms with Gasteiger partial charge in [-0.1, -0.05) is 24.3 Å². The normalized spacial score (nSPS) is 19.7. The molecule has 5 nitrogen and oxygen atoms in total. The van der Waals surface area contributed by atoms with E-state index in [4.69, 9.17) is 20.2 Å². The van der Waals surface area contributed by atoms with Crippen molar-refractivity contribution in [3.05, 3.63) is 83.4 Å². The molecule has 0 amide bonds. The monoisotopic (exact) mass is 399 g/mol. The molecule has 30 heavy (non-hydrogen) atoms. The number of rotatable bonds is 5. The third-order valence-corrected chi connectivity index (χ3v) is 5.94. The van der Waals surface area contributed by atoms with Crippen LogP contribution in [0.2, 0.25) is 0 Å². The first kappa shape index (κ1) is 18.6. The van der Waals surface area contributed by atoms with Crippen LogP contribution in [0.4, 0.5) is 11.4 Å². The highest BCUT2D eigenvalue weighted by molar-refractivity contribution is 5.84. The Labute approximate surface area is 176 Å². The van der Waals surface area contributed by atoms with E-state index in [1.165, 1.54) is 11.1 Å². The van der Waals surface area contributed by atoms with E-state index in [0.29, 0.717) is 5.84 Å². The summed E-state index contributed by atoms with van der Waals surface area (Å²) in [4.78, 5) is 4.97. The molecular weight excluding hydrogens is 374 g/mol. The average molecular weight is 399 g/mol. The SMILES string of the molecule is COc1cccc(Nc2cccc(C3(c4ccc5c(c4)CCO5)CCC(N)=N3)c2)c1. The van der Waals surface area contributed by atoms with Crippen LogP contribution in [0.15, 0.2) is 71.7 Å². The molecule has 5 rings (SSSR count). The smallest absolute Gasteiger partial charge is 0.122 e. The van der Waals surface area contributed by atoms with E-state index in [9.17, 15) is 0 Å². The Bertz CT molecular complexity index is 1120. The third kappa shape index (κ3) is 3.26. The molecule has 0 saturated carbocycles. The van der Waals surface area contributed by atoms with Crippen molar-refractivity contribution < 1.29 is 9.47 Å². The number of methoxy groups -OCH3 is 1. The van der Waals surface area contributed by atoms with Crippen LogP contribution < -0.4 is 20.5 Å². The number of ether oxygens (including phenoxy) is 2. The highest BCUT2D eigenvalue weighted by atomic mass is 16.5. The van der Waals surface area contributed by atoms with Gasteiger partial charge >= 0.3 is 0 Å². The lowest BCUT2D eigenvalue weighted by molar-refractivity contribution is 0.356. The van der Waals surface area contributed by atoms with Crippen LogP contribution in [0.25, 0.3) is 0 Å². The molecule has 3 aromatic rings. The summed E-state index contributed by atoms with van der Waals surface area (Å²) in [7, 11) is 1.67. The number of hydrogen-bond donors (Lipinski definition) is 2. The van der Waals surface area contributed by atoms with Crippen molar-refractivity contribution in [2.75, 3.05) is 19.0 Å². The largest absolute Gasteiger partial charge is 0.497 e. The Morgan fingerprint density at radius 3 is 2.57 bits per heavy atom. The minimum atomic E-state index is -0.465. The Morgan fingerprint density at radius 1 is 0.967 bits per heavy atom. The summed E-state index contributed by atoms with van der Waals surface area (Å²) in [5.74, 6) is 2.51. The first-order valence-corrected chi connectivity index (χ1v) is 10.3. The molecule has 5 heteroatoms. The first-order chi connectivity index (χ1) is 14.7. The summed E-state index contributed by atoms with van der Waals surface area (Å²) in [5, 5.41) is 3.48. The van der Waals surface area contributed by atoms with Gasteiger partial charge in [-0.25, -0.2) is 0 Å². The van der Waals surface area contributed by atoms with E-state index in [0.717, 1.165) is 54.3 Å².